The van der Waals surface area contributed by atoms with Crippen LogP contribution in [0.25, 0.3) is 0 Å². The van der Waals surface area contributed by atoms with Crippen LogP contribution in [-0.2, 0) is 17.9 Å². The van der Waals surface area contributed by atoms with Crippen LogP contribution in [-0.4, -0.2) is 23.0 Å². The number of rotatable bonds is 3. The van der Waals surface area contributed by atoms with Crippen LogP contribution in [0.5, 0.6) is 11.5 Å². The lowest BCUT2D eigenvalue weighted by molar-refractivity contribution is -0.286. The summed E-state index contributed by atoms with van der Waals surface area (Å²) in [6, 6.07) is 9.35. The van der Waals surface area contributed by atoms with Crippen molar-refractivity contribution in [2.75, 3.05) is 5.32 Å². The van der Waals surface area contributed by atoms with Crippen LogP contribution < -0.4 is 14.8 Å². The first-order valence-corrected chi connectivity index (χ1v) is 8.09. The Hall–Kier alpha value is -3.42. The van der Waals surface area contributed by atoms with Crippen LogP contribution >= 0.6 is 0 Å². The highest BCUT2D eigenvalue weighted by Gasteiger charge is 2.45. The maximum atomic E-state index is 13.3. The number of amides is 2. The molecule has 0 saturated carbocycles. The summed E-state index contributed by atoms with van der Waals surface area (Å²) in [6.45, 7) is 4.36. The van der Waals surface area contributed by atoms with Gasteiger partial charge in [-0.2, -0.15) is 0 Å². The molecule has 0 radical (unpaired) electrons. The Morgan fingerprint density at radius 1 is 1.15 bits per heavy atom. The number of nitrogens with zero attached hydrogens (tertiary/aromatic N) is 1. The van der Waals surface area contributed by atoms with Crippen molar-refractivity contribution in [1.82, 2.24) is 4.90 Å². The first-order chi connectivity index (χ1) is 12.9. The minimum atomic E-state index is -3.80. The van der Waals surface area contributed by atoms with E-state index in [1.807, 2.05) is 6.07 Å². The molecule has 0 unspecified atom stereocenters. The lowest BCUT2D eigenvalue weighted by atomic mass is 10.1. The summed E-state index contributed by atoms with van der Waals surface area (Å²) < 4.78 is 35.3. The molecule has 0 aromatic heterocycles. The highest BCUT2D eigenvalue weighted by atomic mass is 19.3. The highest BCUT2D eigenvalue weighted by Crippen LogP contribution is 2.43. The van der Waals surface area contributed by atoms with Gasteiger partial charge in [0, 0.05) is 18.8 Å². The molecule has 2 heterocycles. The zero-order chi connectivity index (χ0) is 19.2. The van der Waals surface area contributed by atoms with Crippen LogP contribution in [0.3, 0.4) is 0 Å². The molecule has 2 amide bonds. The van der Waals surface area contributed by atoms with Crippen molar-refractivity contribution in [3.05, 3.63) is 65.7 Å². The number of ether oxygens (including phenoxy) is 2. The number of alkyl halides is 2. The number of fused-ring (bicyclic) bond motifs is 2. The normalized spacial score (nSPS) is 16.0. The molecule has 1 N–H and O–H groups in total. The van der Waals surface area contributed by atoms with Crippen molar-refractivity contribution in [2.24, 2.45) is 0 Å². The van der Waals surface area contributed by atoms with Crippen molar-refractivity contribution in [2.45, 2.75) is 19.4 Å². The van der Waals surface area contributed by atoms with Gasteiger partial charge < -0.3 is 19.7 Å². The van der Waals surface area contributed by atoms with E-state index in [2.05, 4.69) is 21.4 Å². The maximum absolute atomic E-state index is 13.3. The molecule has 6 nitrogen and oxygen atoms in total. The molecular formula is C19H14F2N2O4. The van der Waals surface area contributed by atoms with E-state index in [0.29, 0.717) is 18.8 Å². The number of benzene rings is 2. The molecule has 2 aromatic carbocycles. The fraction of sp³-hybridized carbons (Fsp3) is 0.158. The van der Waals surface area contributed by atoms with Gasteiger partial charge in [-0.05, 0) is 41.5 Å². The maximum Gasteiger partial charge on any atom is 0.586 e. The summed E-state index contributed by atoms with van der Waals surface area (Å²) in [5, 5.41) is 2.66. The first kappa shape index (κ1) is 17.0. The van der Waals surface area contributed by atoms with Gasteiger partial charge in [-0.25, -0.2) is 0 Å². The van der Waals surface area contributed by atoms with Gasteiger partial charge in [0.1, 0.15) is 0 Å². The van der Waals surface area contributed by atoms with Gasteiger partial charge in [0.15, 0.2) is 11.5 Å². The van der Waals surface area contributed by atoms with Crippen LogP contribution in [0.15, 0.2) is 49.1 Å². The largest absolute Gasteiger partial charge is 0.586 e. The van der Waals surface area contributed by atoms with E-state index in [9.17, 15) is 18.4 Å². The van der Waals surface area contributed by atoms with Gasteiger partial charge in [-0.3, -0.25) is 9.59 Å². The Balaban J connectivity index is 1.54. The Morgan fingerprint density at radius 3 is 2.70 bits per heavy atom. The number of hydrogen-bond donors (Lipinski definition) is 1. The van der Waals surface area contributed by atoms with Gasteiger partial charge in [-0.1, -0.05) is 18.7 Å². The molecule has 138 valence electrons. The zero-order valence-corrected chi connectivity index (χ0v) is 14.0. The Bertz CT molecular complexity index is 974. The van der Waals surface area contributed by atoms with Gasteiger partial charge >= 0.3 is 6.29 Å². The number of carbonyl (C=O) groups excluding carboxylic acids is 2. The lowest BCUT2D eigenvalue weighted by Gasteiger charge is -2.11. The smallest absolute Gasteiger partial charge is 0.395 e. The second-order valence-electron chi connectivity index (χ2n) is 6.14. The van der Waals surface area contributed by atoms with E-state index in [1.165, 1.54) is 24.3 Å². The predicted octanol–water partition coefficient (Wildman–Crippen LogP) is 3.29. The average molecular weight is 372 g/mol. The molecule has 8 heteroatoms. The minimum absolute atomic E-state index is 0.0614. The topological polar surface area (TPSA) is 67.9 Å². The third-order valence-corrected chi connectivity index (χ3v) is 4.35. The molecule has 0 bridgehead atoms. The molecule has 0 spiro atoms. The van der Waals surface area contributed by atoms with Crippen molar-refractivity contribution < 1.29 is 27.8 Å². The van der Waals surface area contributed by atoms with E-state index < -0.39 is 12.2 Å². The number of hydrogen-bond acceptors (Lipinski definition) is 4. The van der Waals surface area contributed by atoms with E-state index in [0.717, 1.165) is 11.1 Å². The Kier molecular flexibility index (Phi) is 3.83. The molecule has 27 heavy (non-hydrogen) atoms. The van der Waals surface area contributed by atoms with Gasteiger partial charge in [0.05, 0.1) is 5.56 Å². The number of carbonyl (C=O) groups is 2. The highest BCUT2D eigenvalue weighted by molar-refractivity contribution is 6.07. The standard InChI is InChI=1S/C19H14F2N2O4/c1-2-16(24)23-9-11-6-7-13(8-12(11)10-23)22-18(25)14-4-3-5-15-17(14)27-19(20,21)26-15/h2-8H,1,9-10H2,(H,22,25). The lowest BCUT2D eigenvalue weighted by Crippen LogP contribution is -2.26. The Morgan fingerprint density at radius 2 is 1.93 bits per heavy atom. The molecule has 2 aliphatic rings. The Labute approximate surface area is 153 Å². The van der Waals surface area contributed by atoms with Crippen molar-refractivity contribution in [3.63, 3.8) is 0 Å². The fourth-order valence-electron chi connectivity index (χ4n) is 3.10. The molecule has 0 saturated heterocycles. The molecule has 2 aliphatic heterocycles. The second kappa shape index (κ2) is 6.08. The summed E-state index contributed by atoms with van der Waals surface area (Å²) in [6.07, 6.45) is -2.55. The van der Waals surface area contributed by atoms with E-state index >= 15 is 0 Å². The third kappa shape index (κ3) is 3.10. The number of anilines is 1. The summed E-state index contributed by atoms with van der Waals surface area (Å²) >= 11 is 0. The molecule has 0 atom stereocenters. The molecule has 0 aliphatic carbocycles. The van der Waals surface area contributed by atoms with Crippen LogP contribution in [0.1, 0.15) is 21.5 Å². The van der Waals surface area contributed by atoms with E-state index in [-0.39, 0.29) is 23.0 Å². The monoisotopic (exact) mass is 372 g/mol. The first-order valence-electron chi connectivity index (χ1n) is 8.09. The fourth-order valence-corrected chi connectivity index (χ4v) is 3.10. The predicted molar refractivity (Wildman–Crippen MR) is 91.5 cm³/mol. The molecule has 0 fully saturated rings. The van der Waals surface area contributed by atoms with Crippen molar-refractivity contribution in [1.29, 1.82) is 0 Å². The van der Waals surface area contributed by atoms with Crippen LogP contribution in [0.2, 0.25) is 0 Å². The number of halogens is 2. The zero-order valence-electron chi connectivity index (χ0n) is 14.0. The van der Waals surface area contributed by atoms with E-state index in [4.69, 9.17) is 0 Å². The third-order valence-electron chi connectivity index (χ3n) is 4.35. The van der Waals surface area contributed by atoms with Crippen molar-refractivity contribution >= 4 is 17.5 Å². The van der Waals surface area contributed by atoms with Crippen LogP contribution in [0, 0.1) is 0 Å². The quantitative estimate of drug-likeness (QED) is 0.840. The molecular weight excluding hydrogens is 358 g/mol. The summed E-state index contributed by atoms with van der Waals surface area (Å²) in [5.74, 6) is -1.27. The SMILES string of the molecule is C=CC(=O)N1Cc2ccc(NC(=O)c3cccc4c3OC(F)(F)O4)cc2C1. The van der Waals surface area contributed by atoms with E-state index in [1.54, 1.807) is 17.0 Å². The van der Waals surface area contributed by atoms with Crippen LogP contribution in [0.4, 0.5) is 14.5 Å². The number of nitrogens with one attached hydrogen (secondary N) is 1. The summed E-state index contributed by atoms with van der Waals surface area (Å²) in [4.78, 5) is 25.9. The molecule has 4 rings (SSSR count). The average Bonchev–Trinajstić information content (AvgIpc) is 3.18. The second-order valence-corrected chi connectivity index (χ2v) is 6.14. The van der Waals surface area contributed by atoms with Gasteiger partial charge in [-0.15, -0.1) is 8.78 Å². The number of para-hydroxylation sites is 1. The van der Waals surface area contributed by atoms with Gasteiger partial charge in [0.2, 0.25) is 5.91 Å². The minimum Gasteiger partial charge on any atom is -0.395 e. The summed E-state index contributed by atoms with van der Waals surface area (Å²) in [5.41, 5.74) is 2.29. The van der Waals surface area contributed by atoms with Crippen molar-refractivity contribution in [3.8, 4) is 11.5 Å². The van der Waals surface area contributed by atoms with Gasteiger partial charge in [0.25, 0.3) is 5.91 Å². The molecule has 2 aromatic rings. The summed E-state index contributed by atoms with van der Waals surface area (Å²) in [7, 11) is 0.